The van der Waals surface area contributed by atoms with Crippen LogP contribution in [0, 0.1) is 5.92 Å². The Morgan fingerprint density at radius 3 is 1.70 bits per heavy atom. The Bertz CT molecular complexity index is 448. The predicted molar refractivity (Wildman–Crippen MR) is 83.7 cm³/mol. The Hall–Kier alpha value is -1.99. The lowest BCUT2D eigenvalue weighted by molar-refractivity contribution is -0.146. The fourth-order valence-corrected chi connectivity index (χ4v) is 1.63. The van der Waals surface area contributed by atoms with E-state index in [-0.39, 0.29) is 0 Å². The van der Waals surface area contributed by atoms with Gasteiger partial charge < -0.3 is 14.6 Å². The van der Waals surface area contributed by atoms with E-state index in [9.17, 15) is 19.5 Å². The molecule has 0 spiro atoms. The van der Waals surface area contributed by atoms with Gasteiger partial charge in [-0.2, -0.15) is 0 Å². The highest BCUT2D eigenvalue weighted by molar-refractivity contribution is 5.82. The van der Waals surface area contributed by atoms with Gasteiger partial charge in [-0.3, -0.25) is 0 Å². The summed E-state index contributed by atoms with van der Waals surface area (Å²) in [5.74, 6) is -1.73. The maximum absolute atomic E-state index is 12.3. The summed E-state index contributed by atoms with van der Waals surface area (Å²) < 4.78 is 10.2. The van der Waals surface area contributed by atoms with Crippen LogP contribution in [0.5, 0.6) is 0 Å². The first-order valence-electron chi connectivity index (χ1n) is 7.38. The van der Waals surface area contributed by atoms with Crippen molar-refractivity contribution in [2.45, 2.75) is 72.6 Å². The van der Waals surface area contributed by atoms with Gasteiger partial charge in [0, 0.05) is 0 Å². The number of carbonyl (C=O) groups is 3. The quantitative estimate of drug-likeness (QED) is 0.770. The molecule has 0 aliphatic carbocycles. The highest BCUT2D eigenvalue weighted by Gasteiger charge is 2.37. The van der Waals surface area contributed by atoms with E-state index >= 15 is 0 Å². The van der Waals surface area contributed by atoms with Crippen molar-refractivity contribution in [1.29, 1.82) is 0 Å². The van der Waals surface area contributed by atoms with E-state index in [0.717, 1.165) is 0 Å². The second-order valence-electron chi connectivity index (χ2n) is 7.49. The number of nitrogens with one attached hydrogen (secondary N) is 1. The van der Waals surface area contributed by atoms with Gasteiger partial charge in [0.1, 0.15) is 11.2 Å². The fourth-order valence-electron chi connectivity index (χ4n) is 1.63. The summed E-state index contributed by atoms with van der Waals surface area (Å²) in [6.45, 7) is 13.1. The fraction of sp³-hybridized carbons (Fsp3) is 0.800. The molecule has 0 rings (SSSR count). The number of rotatable bonds is 3. The summed E-state index contributed by atoms with van der Waals surface area (Å²) in [5, 5.41) is 10.0. The molecular weight excluding hydrogens is 304 g/mol. The van der Waals surface area contributed by atoms with Crippen LogP contribution in [0.25, 0.3) is 0 Å². The average Bonchev–Trinajstić information content (AvgIpc) is 2.21. The molecule has 2 amide bonds. The predicted octanol–water partition coefficient (Wildman–Crippen LogP) is 2.77. The monoisotopic (exact) mass is 332 g/mol. The standard InChI is InChI=1S/C15H28N2O6/c1-9(2)10(11(18)19)17(13(21)23-15(6,7)8)16-12(20)22-14(3,4)5/h9-10H,1-8H3,(H,16,20)(H,18,19)/t10-/m0/s1. The highest BCUT2D eigenvalue weighted by Crippen LogP contribution is 2.16. The number of ether oxygens (including phenoxy) is 2. The number of carboxylic acids is 1. The second kappa shape index (κ2) is 7.52. The molecule has 0 heterocycles. The largest absolute Gasteiger partial charge is 0.480 e. The first-order valence-corrected chi connectivity index (χ1v) is 7.38. The molecule has 0 bridgehead atoms. The molecule has 0 aromatic carbocycles. The molecule has 8 heteroatoms. The molecule has 134 valence electrons. The van der Waals surface area contributed by atoms with Crippen molar-refractivity contribution in [3.05, 3.63) is 0 Å². The molecule has 0 unspecified atom stereocenters. The van der Waals surface area contributed by atoms with Crippen LogP contribution in [-0.4, -0.2) is 45.5 Å². The number of aliphatic carboxylic acids is 1. The number of nitrogens with zero attached hydrogens (tertiary/aromatic N) is 1. The molecule has 1 atom stereocenters. The normalized spacial score (nSPS) is 13.3. The van der Waals surface area contributed by atoms with Gasteiger partial charge in [0.15, 0.2) is 6.04 Å². The number of hydrogen-bond acceptors (Lipinski definition) is 5. The zero-order chi connectivity index (χ0) is 18.6. The first kappa shape index (κ1) is 21.0. The summed E-state index contributed by atoms with van der Waals surface area (Å²) in [6.07, 6.45) is -1.90. The topological polar surface area (TPSA) is 105 Å². The van der Waals surface area contributed by atoms with Crippen LogP contribution >= 0.6 is 0 Å². The van der Waals surface area contributed by atoms with E-state index in [1.54, 1.807) is 55.4 Å². The summed E-state index contributed by atoms with van der Waals surface area (Å²) in [6, 6.07) is -1.29. The van der Waals surface area contributed by atoms with Gasteiger partial charge in [0.05, 0.1) is 0 Å². The maximum atomic E-state index is 12.3. The lowest BCUT2D eigenvalue weighted by Gasteiger charge is -2.33. The number of hydrogen-bond donors (Lipinski definition) is 2. The molecule has 0 aromatic rings. The van der Waals surface area contributed by atoms with Crippen molar-refractivity contribution < 1.29 is 29.0 Å². The molecule has 23 heavy (non-hydrogen) atoms. The second-order valence-corrected chi connectivity index (χ2v) is 7.49. The third kappa shape index (κ3) is 8.27. The number of carbonyl (C=O) groups excluding carboxylic acids is 2. The molecule has 0 fully saturated rings. The Labute approximate surface area is 137 Å². The van der Waals surface area contributed by atoms with E-state index in [2.05, 4.69) is 5.43 Å². The maximum Gasteiger partial charge on any atom is 0.430 e. The third-order valence-electron chi connectivity index (χ3n) is 2.36. The van der Waals surface area contributed by atoms with E-state index in [1.807, 2.05) is 0 Å². The van der Waals surface area contributed by atoms with Crippen LogP contribution < -0.4 is 5.43 Å². The smallest absolute Gasteiger partial charge is 0.430 e. The molecule has 0 saturated heterocycles. The Balaban J connectivity index is 5.41. The van der Waals surface area contributed by atoms with Crippen molar-refractivity contribution >= 4 is 18.2 Å². The van der Waals surface area contributed by atoms with Gasteiger partial charge in [-0.25, -0.2) is 24.8 Å². The van der Waals surface area contributed by atoms with Gasteiger partial charge in [0.2, 0.25) is 0 Å². The minimum absolute atomic E-state index is 0.463. The minimum Gasteiger partial charge on any atom is -0.480 e. The summed E-state index contributed by atoms with van der Waals surface area (Å²) in [7, 11) is 0. The Morgan fingerprint density at radius 1 is 0.957 bits per heavy atom. The van der Waals surface area contributed by atoms with Crippen LogP contribution in [0.4, 0.5) is 9.59 Å². The molecular formula is C15H28N2O6. The Kier molecular flexibility index (Phi) is 6.87. The number of amides is 2. The molecule has 0 saturated carbocycles. The van der Waals surface area contributed by atoms with Crippen molar-refractivity contribution in [3.8, 4) is 0 Å². The average molecular weight is 332 g/mol. The first-order chi connectivity index (χ1) is 10.1. The summed E-state index contributed by atoms with van der Waals surface area (Å²) >= 11 is 0. The van der Waals surface area contributed by atoms with E-state index in [0.29, 0.717) is 5.01 Å². The van der Waals surface area contributed by atoms with Crippen LogP contribution in [0.3, 0.4) is 0 Å². The van der Waals surface area contributed by atoms with Gasteiger partial charge in [-0.05, 0) is 47.5 Å². The van der Waals surface area contributed by atoms with Crippen molar-refractivity contribution in [1.82, 2.24) is 10.4 Å². The lowest BCUT2D eigenvalue weighted by Crippen LogP contribution is -2.58. The van der Waals surface area contributed by atoms with Crippen LogP contribution in [0.2, 0.25) is 0 Å². The number of carboxylic acid groups (broad SMARTS) is 1. The molecule has 2 N–H and O–H groups in total. The van der Waals surface area contributed by atoms with Gasteiger partial charge in [0.25, 0.3) is 0 Å². The Morgan fingerprint density at radius 2 is 1.39 bits per heavy atom. The zero-order valence-corrected chi connectivity index (χ0v) is 15.1. The summed E-state index contributed by atoms with van der Waals surface area (Å²) in [4.78, 5) is 35.7. The molecule has 8 nitrogen and oxygen atoms in total. The van der Waals surface area contributed by atoms with Crippen LogP contribution in [0.1, 0.15) is 55.4 Å². The number of hydrazine groups is 1. The van der Waals surface area contributed by atoms with E-state index < -0.39 is 41.3 Å². The zero-order valence-electron chi connectivity index (χ0n) is 15.1. The van der Waals surface area contributed by atoms with Gasteiger partial charge in [-0.1, -0.05) is 13.8 Å². The van der Waals surface area contributed by atoms with Crippen LogP contribution in [-0.2, 0) is 14.3 Å². The molecule has 0 radical (unpaired) electrons. The lowest BCUT2D eigenvalue weighted by atomic mass is 10.0. The van der Waals surface area contributed by atoms with Crippen molar-refractivity contribution in [3.63, 3.8) is 0 Å². The molecule has 0 aliphatic rings. The van der Waals surface area contributed by atoms with Crippen LogP contribution in [0.15, 0.2) is 0 Å². The minimum atomic E-state index is -1.29. The van der Waals surface area contributed by atoms with Gasteiger partial charge >= 0.3 is 18.2 Å². The summed E-state index contributed by atoms with van der Waals surface area (Å²) in [5.41, 5.74) is 0.542. The highest BCUT2D eigenvalue weighted by atomic mass is 16.6. The van der Waals surface area contributed by atoms with E-state index in [1.165, 1.54) is 0 Å². The SMILES string of the molecule is CC(C)[C@@H](C(=O)O)N(NC(=O)OC(C)(C)C)C(=O)OC(C)(C)C. The van der Waals surface area contributed by atoms with E-state index in [4.69, 9.17) is 9.47 Å². The third-order valence-corrected chi connectivity index (χ3v) is 2.36. The van der Waals surface area contributed by atoms with Gasteiger partial charge in [-0.15, -0.1) is 0 Å². The van der Waals surface area contributed by atoms with Crippen molar-refractivity contribution in [2.24, 2.45) is 5.92 Å². The molecule has 0 aromatic heterocycles. The molecule has 0 aliphatic heterocycles. The van der Waals surface area contributed by atoms with Crippen molar-refractivity contribution in [2.75, 3.05) is 0 Å².